The van der Waals surface area contributed by atoms with E-state index in [0.717, 1.165) is 16.9 Å². The molecule has 28 heavy (non-hydrogen) atoms. The molecule has 0 saturated heterocycles. The lowest BCUT2D eigenvalue weighted by Crippen LogP contribution is -2.39. The van der Waals surface area contributed by atoms with Crippen LogP contribution in [-0.2, 0) is 17.9 Å². The zero-order valence-electron chi connectivity index (χ0n) is 16.4. The molecule has 152 valence electrons. The average Bonchev–Trinajstić information content (AvgIpc) is 2.71. The number of carbonyl (C=O) groups excluding carboxylic acids is 1. The highest BCUT2D eigenvalue weighted by molar-refractivity contribution is 14.0. The van der Waals surface area contributed by atoms with E-state index in [2.05, 4.69) is 20.9 Å². The van der Waals surface area contributed by atoms with Crippen molar-refractivity contribution in [3.63, 3.8) is 0 Å². The third-order valence-corrected chi connectivity index (χ3v) is 3.92. The minimum atomic E-state index is 0. The summed E-state index contributed by atoms with van der Waals surface area (Å²) in [7, 11) is 1.71. The van der Waals surface area contributed by atoms with Crippen molar-refractivity contribution in [1.82, 2.24) is 16.0 Å². The van der Waals surface area contributed by atoms with Gasteiger partial charge < -0.3 is 20.7 Å². The fourth-order valence-corrected chi connectivity index (χ4v) is 2.53. The largest absolute Gasteiger partial charge is 0.494 e. The van der Waals surface area contributed by atoms with Crippen LogP contribution in [0.25, 0.3) is 0 Å². The maximum Gasteiger partial charge on any atom is 0.222 e. The number of nitrogens with zero attached hydrogens (tertiary/aromatic N) is 1. The lowest BCUT2D eigenvalue weighted by Gasteiger charge is -2.14. The number of amides is 1. The molecule has 0 aliphatic carbocycles. The van der Waals surface area contributed by atoms with Gasteiger partial charge in [-0.25, -0.2) is 0 Å². The fraction of sp³-hybridized carbons (Fsp3) is 0.333. The molecule has 0 atom stereocenters. The second-order valence-electron chi connectivity index (χ2n) is 5.91. The quantitative estimate of drug-likeness (QED) is 0.284. The molecular formula is C21H29IN4O2. The van der Waals surface area contributed by atoms with Crippen molar-refractivity contribution in [1.29, 1.82) is 0 Å². The predicted molar refractivity (Wildman–Crippen MR) is 124 cm³/mol. The third kappa shape index (κ3) is 8.60. The Hall–Kier alpha value is -2.29. The summed E-state index contributed by atoms with van der Waals surface area (Å²) in [5.74, 6) is 1.52. The molecule has 0 heterocycles. The monoisotopic (exact) mass is 496 g/mol. The topological polar surface area (TPSA) is 74.8 Å². The van der Waals surface area contributed by atoms with Crippen LogP contribution in [-0.4, -0.2) is 32.1 Å². The molecule has 1 amide bonds. The van der Waals surface area contributed by atoms with Crippen molar-refractivity contribution in [2.45, 2.75) is 26.4 Å². The van der Waals surface area contributed by atoms with E-state index in [9.17, 15) is 4.79 Å². The summed E-state index contributed by atoms with van der Waals surface area (Å²) >= 11 is 0. The molecule has 0 bridgehead atoms. The van der Waals surface area contributed by atoms with Crippen molar-refractivity contribution in [3.05, 3.63) is 65.7 Å². The van der Waals surface area contributed by atoms with Crippen molar-refractivity contribution >= 4 is 35.8 Å². The highest BCUT2D eigenvalue weighted by Gasteiger charge is 2.05. The minimum absolute atomic E-state index is 0. The lowest BCUT2D eigenvalue weighted by molar-refractivity contribution is -0.121. The van der Waals surface area contributed by atoms with Crippen LogP contribution in [0.2, 0.25) is 0 Å². The second kappa shape index (κ2) is 13.8. The van der Waals surface area contributed by atoms with E-state index in [4.69, 9.17) is 4.74 Å². The molecule has 6 nitrogen and oxygen atoms in total. The zero-order valence-corrected chi connectivity index (χ0v) is 18.7. The number of hydrogen-bond acceptors (Lipinski definition) is 3. The Morgan fingerprint density at radius 3 is 2.39 bits per heavy atom. The molecule has 0 aliphatic rings. The first kappa shape index (κ1) is 23.7. The standard InChI is InChI=1S/C21H28N4O2.HI/c1-3-27-19-12-8-7-11-18(19)16-25-21(22-2)23-14-13-20(26)24-15-17-9-5-4-6-10-17;/h4-12H,3,13-16H2,1-2H3,(H,24,26)(H2,22,23,25);1H. The van der Waals surface area contributed by atoms with Crippen LogP contribution in [0, 0.1) is 0 Å². The summed E-state index contributed by atoms with van der Waals surface area (Å²) in [4.78, 5) is 16.1. The van der Waals surface area contributed by atoms with E-state index in [1.54, 1.807) is 7.05 Å². The first-order chi connectivity index (χ1) is 13.2. The Balaban J connectivity index is 0.00000392. The van der Waals surface area contributed by atoms with Crippen LogP contribution >= 0.6 is 24.0 Å². The number of hydrogen-bond donors (Lipinski definition) is 3. The first-order valence-electron chi connectivity index (χ1n) is 9.18. The number of ether oxygens (including phenoxy) is 1. The molecule has 7 heteroatoms. The molecule has 0 aliphatic heterocycles. The molecule has 0 spiro atoms. The highest BCUT2D eigenvalue weighted by atomic mass is 127. The van der Waals surface area contributed by atoms with Gasteiger partial charge in [-0.15, -0.1) is 24.0 Å². The van der Waals surface area contributed by atoms with Gasteiger partial charge in [-0.05, 0) is 18.6 Å². The molecule has 0 fully saturated rings. The summed E-state index contributed by atoms with van der Waals surface area (Å²) in [6, 6.07) is 17.8. The van der Waals surface area contributed by atoms with Crippen LogP contribution < -0.4 is 20.7 Å². The van der Waals surface area contributed by atoms with Crippen molar-refractivity contribution in [2.24, 2.45) is 4.99 Å². The maximum absolute atomic E-state index is 12.0. The minimum Gasteiger partial charge on any atom is -0.494 e. The first-order valence-corrected chi connectivity index (χ1v) is 9.18. The molecule has 0 unspecified atom stereocenters. The van der Waals surface area contributed by atoms with E-state index in [1.807, 2.05) is 61.5 Å². The van der Waals surface area contributed by atoms with Gasteiger partial charge in [0.15, 0.2) is 5.96 Å². The van der Waals surface area contributed by atoms with Crippen molar-refractivity contribution in [2.75, 3.05) is 20.2 Å². The van der Waals surface area contributed by atoms with Crippen LogP contribution in [0.4, 0.5) is 0 Å². The number of para-hydroxylation sites is 1. The number of halogens is 1. The highest BCUT2D eigenvalue weighted by Crippen LogP contribution is 2.17. The second-order valence-corrected chi connectivity index (χ2v) is 5.91. The Kier molecular flexibility index (Phi) is 11.7. The summed E-state index contributed by atoms with van der Waals surface area (Å²) in [6.45, 7) is 4.24. The SMILES string of the molecule is CCOc1ccccc1CNC(=NC)NCCC(=O)NCc1ccccc1.I. The Morgan fingerprint density at radius 1 is 0.964 bits per heavy atom. The van der Waals surface area contributed by atoms with Crippen molar-refractivity contribution in [3.8, 4) is 5.75 Å². The van der Waals surface area contributed by atoms with Gasteiger partial charge in [-0.2, -0.15) is 0 Å². The molecule has 2 aromatic rings. The van der Waals surface area contributed by atoms with Crippen molar-refractivity contribution < 1.29 is 9.53 Å². The van der Waals surface area contributed by atoms with E-state index in [0.29, 0.717) is 38.6 Å². The Morgan fingerprint density at radius 2 is 1.68 bits per heavy atom. The third-order valence-electron chi connectivity index (χ3n) is 3.92. The summed E-state index contributed by atoms with van der Waals surface area (Å²) < 4.78 is 5.63. The molecule has 0 radical (unpaired) electrons. The molecule has 0 saturated carbocycles. The van der Waals surface area contributed by atoms with E-state index in [1.165, 1.54) is 0 Å². The van der Waals surface area contributed by atoms with Crippen LogP contribution in [0.3, 0.4) is 0 Å². The van der Waals surface area contributed by atoms with Gasteiger partial charge in [-0.1, -0.05) is 48.5 Å². The molecule has 0 aromatic heterocycles. The van der Waals surface area contributed by atoms with Gasteiger partial charge in [-0.3, -0.25) is 9.79 Å². The number of guanidine groups is 1. The molecule has 2 aromatic carbocycles. The predicted octanol–water partition coefficient (Wildman–Crippen LogP) is 3.07. The molecular weight excluding hydrogens is 467 g/mol. The molecule has 3 N–H and O–H groups in total. The summed E-state index contributed by atoms with van der Waals surface area (Å²) in [5, 5.41) is 9.32. The molecule has 2 rings (SSSR count). The van der Waals surface area contributed by atoms with Crippen LogP contribution in [0.5, 0.6) is 5.75 Å². The van der Waals surface area contributed by atoms with Gasteiger partial charge in [0.05, 0.1) is 6.61 Å². The van der Waals surface area contributed by atoms with Gasteiger partial charge >= 0.3 is 0 Å². The Bertz CT molecular complexity index is 738. The smallest absolute Gasteiger partial charge is 0.222 e. The summed E-state index contributed by atoms with van der Waals surface area (Å²) in [6.07, 6.45) is 0.378. The number of carbonyl (C=O) groups is 1. The zero-order chi connectivity index (χ0) is 19.3. The summed E-state index contributed by atoms with van der Waals surface area (Å²) in [5.41, 5.74) is 2.15. The number of aliphatic imine (C=N–C) groups is 1. The van der Waals surface area contributed by atoms with E-state index in [-0.39, 0.29) is 29.9 Å². The Labute approximate surface area is 184 Å². The van der Waals surface area contributed by atoms with Gasteiger partial charge in [0, 0.05) is 38.7 Å². The average molecular weight is 496 g/mol. The van der Waals surface area contributed by atoms with E-state index >= 15 is 0 Å². The lowest BCUT2D eigenvalue weighted by atomic mass is 10.2. The van der Waals surface area contributed by atoms with E-state index < -0.39 is 0 Å². The number of rotatable bonds is 9. The van der Waals surface area contributed by atoms with Gasteiger partial charge in [0.25, 0.3) is 0 Å². The number of nitrogens with one attached hydrogen (secondary N) is 3. The number of benzene rings is 2. The van der Waals surface area contributed by atoms with Crippen LogP contribution in [0.15, 0.2) is 59.6 Å². The van der Waals surface area contributed by atoms with Gasteiger partial charge in [0.2, 0.25) is 5.91 Å². The maximum atomic E-state index is 12.0. The van der Waals surface area contributed by atoms with Crippen LogP contribution in [0.1, 0.15) is 24.5 Å². The fourth-order valence-electron chi connectivity index (χ4n) is 2.53. The normalized spacial score (nSPS) is 10.6. The van der Waals surface area contributed by atoms with Gasteiger partial charge in [0.1, 0.15) is 5.75 Å².